The molecule has 1 aromatic carbocycles. The summed E-state index contributed by atoms with van der Waals surface area (Å²) >= 11 is 0. The van der Waals surface area contributed by atoms with E-state index in [1.54, 1.807) is 18.2 Å². The maximum absolute atomic E-state index is 12.1. The van der Waals surface area contributed by atoms with E-state index in [0.717, 1.165) is 12.1 Å². The Morgan fingerprint density at radius 1 is 1.21 bits per heavy atom. The first kappa shape index (κ1) is 16.1. The van der Waals surface area contributed by atoms with Crippen LogP contribution >= 0.6 is 0 Å². The van der Waals surface area contributed by atoms with E-state index in [0.29, 0.717) is 17.4 Å². The van der Waals surface area contributed by atoms with Gasteiger partial charge in [0.15, 0.2) is 0 Å². The Labute approximate surface area is 116 Å². The van der Waals surface area contributed by atoms with E-state index in [1.807, 2.05) is 33.8 Å². The van der Waals surface area contributed by atoms with Gasteiger partial charge in [-0.05, 0) is 37.1 Å². The molecule has 0 spiro atoms. The maximum atomic E-state index is 12.1. The van der Waals surface area contributed by atoms with Gasteiger partial charge in [-0.25, -0.2) is 13.1 Å². The lowest BCUT2D eigenvalue weighted by atomic mass is 10.1. The lowest BCUT2D eigenvalue weighted by Gasteiger charge is -2.14. The van der Waals surface area contributed by atoms with Crippen molar-refractivity contribution in [3.05, 3.63) is 29.8 Å². The second kappa shape index (κ2) is 7.03. The standard InChI is InChI=1S/C14H24N2O2S/c1-5-15-12(4)13-7-6-8-14(9-13)19(17,18)16-10-11(2)3/h6-9,11-12,15-16H,5,10H2,1-4H3. The van der Waals surface area contributed by atoms with Crippen LogP contribution in [0.5, 0.6) is 0 Å². The van der Waals surface area contributed by atoms with Gasteiger partial charge in [-0.1, -0.05) is 32.9 Å². The summed E-state index contributed by atoms with van der Waals surface area (Å²) in [6.45, 7) is 9.31. The fourth-order valence-electron chi connectivity index (χ4n) is 1.73. The quantitative estimate of drug-likeness (QED) is 0.807. The number of hydrogen-bond acceptors (Lipinski definition) is 3. The zero-order valence-corrected chi connectivity index (χ0v) is 12.9. The Morgan fingerprint density at radius 3 is 2.47 bits per heavy atom. The van der Waals surface area contributed by atoms with E-state index in [1.165, 1.54) is 0 Å². The highest BCUT2D eigenvalue weighted by Crippen LogP contribution is 2.17. The van der Waals surface area contributed by atoms with Crippen LogP contribution < -0.4 is 10.0 Å². The largest absolute Gasteiger partial charge is 0.310 e. The van der Waals surface area contributed by atoms with E-state index < -0.39 is 10.0 Å². The van der Waals surface area contributed by atoms with Crippen molar-refractivity contribution in [3.8, 4) is 0 Å². The highest BCUT2D eigenvalue weighted by molar-refractivity contribution is 7.89. The van der Waals surface area contributed by atoms with Crippen LogP contribution in [0, 0.1) is 5.92 Å². The zero-order valence-electron chi connectivity index (χ0n) is 12.1. The molecule has 4 nitrogen and oxygen atoms in total. The fraction of sp³-hybridized carbons (Fsp3) is 0.571. The van der Waals surface area contributed by atoms with Crippen LogP contribution in [0.4, 0.5) is 0 Å². The summed E-state index contributed by atoms with van der Waals surface area (Å²) < 4.78 is 26.9. The van der Waals surface area contributed by atoms with Gasteiger partial charge in [-0.15, -0.1) is 0 Å². The van der Waals surface area contributed by atoms with Crippen molar-refractivity contribution >= 4 is 10.0 Å². The summed E-state index contributed by atoms with van der Waals surface area (Å²) in [5.74, 6) is 0.290. The van der Waals surface area contributed by atoms with Crippen LogP contribution in [-0.4, -0.2) is 21.5 Å². The van der Waals surface area contributed by atoms with Crippen molar-refractivity contribution in [1.82, 2.24) is 10.0 Å². The fourth-order valence-corrected chi connectivity index (χ4v) is 3.00. The van der Waals surface area contributed by atoms with Crippen LogP contribution in [0.1, 0.15) is 39.3 Å². The Balaban J connectivity index is 2.92. The molecular formula is C14H24N2O2S. The van der Waals surface area contributed by atoms with E-state index in [4.69, 9.17) is 0 Å². The molecule has 1 unspecified atom stereocenters. The van der Waals surface area contributed by atoms with Gasteiger partial charge < -0.3 is 5.32 Å². The normalized spacial score (nSPS) is 13.7. The summed E-state index contributed by atoms with van der Waals surface area (Å²) in [5.41, 5.74) is 0.981. The Morgan fingerprint density at radius 2 is 1.89 bits per heavy atom. The lowest BCUT2D eigenvalue weighted by molar-refractivity contribution is 0.559. The summed E-state index contributed by atoms with van der Waals surface area (Å²) in [6, 6.07) is 7.23. The van der Waals surface area contributed by atoms with Crippen molar-refractivity contribution < 1.29 is 8.42 Å². The SMILES string of the molecule is CCNC(C)c1cccc(S(=O)(=O)NCC(C)C)c1. The third-order valence-electron chi connectivity index (χ3n) is 2.86. The molecule has 1 atom stereocenters. The molecule has 0 aliphatic heterocycles. The van der Waals surface area contributed by atoms with Crippen molar-refractivity contribution in [2.24, 2.45) is 5.92 Å². The monoisotopic (exact) mass is 284 g/mol. The number of nitrogens with one attached hydrogen (secondary N) is 2. The molecule has 1 rings (SSSR count). The van der Waals surface area contributed by atoms with Crippen LogP contribution in [0.3, 0.4) is 0 Å². The van der Waals surface area contributed by atoms with Crippen LogP contribution in [0.2, 0.25) is 0 Å². The number of rotatable bonds is 7. The van der Waals surface area contributed by atoms with E-state index in [-0.39, 0.29) is 6.04 Å². The second-order valence-electron chi connectivity index (χ2n) is 5.10. The average Bonchev–Trinajstić information content (AvgIpc) is 2.37. The molecule has 19 heavy (non-hydrogen) atoms. The van der Waals surface area contributed by atoms with E-state index in [9.17, 15) is 8.42 Å². The van der Waals surface area contributed by atoms with Crippen molar-refractivity contribution in [1.29, 1.82) is 0 Å². The minimum absolute atomic E-state index is 0.144. The van der Waals surface area contributed by atoms with Crippen LogP contribution in [0.25, 0.3) is 0 Å². The molecule has 0 fully saturated rings. The first-order chi connectivity index (χ1) is 8.86. The molecule has 0 aromatic heterocycles. The predicted molar refractivity (Wildman–Crippen MR) is 78.6 cm³/mol. The molecule has 0 saturated heterocycles. The van der Waals surface area contributed by atoms with Crippen molar-refractivity contribution in [2.45, 2.75) is 38.6 Å². The molecule has 0 heterocycles. The Bertz CT molecular complexity index is 498. The number of sulfonamides is 1. The smallest absolute Gasteiger partial charge is 0.240 e. The number of benzene rings is 1. The molecule has 0 amide bonds. The van der Waals surface area contributed by atoms with Gasteiger partial charge in [0.1, 0.15) is 0 Å². The molecular weight excluding hydrogens is 260 g/mol. The second-order valence-corrected chi connectivity index (χ2v) is 6.86. The van der Waals surface area contributed by atoms with Crippen LogP contribution in [0.15, 0.2) is 29.2 Å². The van der Waals surface area contributed by atoms with E-state index >= 15 is 0 Å². The highest BCUT2D eigenvalue weighted by Gasteiger charge is 2.15. The Kier molecular flexibility index (Phi) is 5.97. The van der Waals surface area contributed by atoms with Gasteiger partial charge in [0.05, 0.1) is 4.90 Å². The molecule has 0 bridgehead atoms. The topological polar surface area (TPSA) is 58.2 Å². The third kappa shape index (κ3) is 4.93. The van der Waals surface area contributed by atoms with Gasteiger partial charge in [-0.3, -0.25) is 0 Å². The van der Waals surface area contributed by atoms with Crippen molar-refractivity contribution in [3.63, 3.8) is 0 Å². The zero-order chi connectivity index (χ0) is 14.5. The average molecular weight is 284 g/mol. The number of hydrogen-bond donors (Lipinski definition) is 2. The molecule has 0 aliphatic carbocycles. The van der Waals surface area contributed by atoms with Gasteiger partial charge in [0.25, 0.3) is 0 Å². The summed E-state index contributed by atoms with van der Waals surface area (Å²) in [4.78, 5) is 0.329. The molecule has 0 radical (unpaired) electrons. The van der Waals surface area contributed by atoms with Gasteiger partial charge in [-0.2, -0.15) is 0 Å². The Hall–Kier alpha value is -0.910. The molecule has 2 N–H and O–H groups in total. The lowest BCUT2D eigenvalue weighted by Crippen LogP contribution is -2.27. The molecule has 5 heteroatoms. The molecule has 108 valence electrons. The summed E-state index contributed by atoms with van der Waals surface area (Å²) in [5, 5.41) is 3.28. The molecule has 0 aliphatic rings. The van der Waals surface area contributed by atoms with Crippen molar-refractivity contribution in [2.75, 3.05) is 13.1 Å². The first-order valence-electron chi connectivity index (χ1n) is 6.69. The van der Waals surface area contributed by atoms with Gasteiger partial charge >= 0.3 is 0 Å². The first-order valence-corrected chi connectivity index (χ1v) is 8.18. The summed E-state index contributed by atoms with van der Waals surface area (Å²) in [6.07, 6.45) is 0. The minimum Gasteiger partial charge on any atom is -0.310 e. The molecule has 0 saturated carbocycles. The maximum Gasteiger partial charge on any atom is 0.240 e. The summed E-state index contributed by atoms with van der Waals surface area (Å²) in [7, 11) is -3.40. The predicted octanol–water partition coefficient (Wildman–Crippen LogP) is 2.29. The minimum atomic E-state index is -3.40. The van der Waals surface area contributed by atoms with Gasteiger partial charge in [0, 0.05) is 12.6 Å². The molecule has 1 aromatic rings. The third-order valence-corrected chi connectivity index (χ3v) is 4.28. The van der Waals surface area contributed by atoms with Gasteiger partial charge in [0.2, 0.25) is 10.0 Å². The van der Waals surface area contributed by atoms with Crippen LogP contribution in [-0.2, 0) is 10.0 Å². The highest BCUT2D eigenvalue weighted by atomic mass is 32.2. The van der Waals surface area contributed by atoms with E-state index in [2.05, 4.69) is 10.0 Å².